The summed E-state index contributed by atoms with van der Waals surface area (Å²) in [7, 11) is 0. The monoisotopic (exact) mass is 647 g/mol. The fraction of sp³-hybridized carbons (Fsp3) is 0.364. The van der Waals surface area contributed by atoms with E-state index in [1.165, 1.54) is 0 Å². The molecule has 4 rings (SSSR count). The minimum Gasteiger partial charge on any atom is -0.481 e. The van der Waals surface area contributed by atoms with Crippen molar-refractivity contribution in [3.05, 3.63) is 72.1 Å². The minimum atomic E-state index is -1.51. The number of para-hydroxylation sites is 2. The van der Waals surface area contributed by atoms with E-state index in [4.69, 9.17) is 16.6 Å². The Morgan fingerprint density at radius 2 is 1.17 bits per heavy atom. The zero-order valence-electron chi connectivity index (χ0n) is 25.8. The van der Waals surface area contributed by atoms with Crippen molar-refractivity contribution in [2.24, 2.45) is 11.5 Å². The Kier molecular flexibility index (Phi) is 12.1. The number of carboxylic acids is 2. The van der Waals surface area contributed by atoms with Crippen LogP contribution in [0.2, 0.25) is 0 Å². The Bertz CT molecular complexity index is 1720. The van der Waals surface area contributed by atoms with E-state index in [0.29, 0.717) is 31.4 Å². The third-order valence-corrected chi connectivity index (χ3v) is 8.03. The Hall–Kier alpha value is -5.21. The molecule has 14 nitrogen and oxygen atoms in total. The van der Waals surface area contributed by atoms with Crippen LogP contribution in [-0.4, -0.2) is 80.6 Å². The molecule has 47 heavy (non-hydrogen) atoms. The third kappa shape index (κ3) is 9.40. The Balaban J connectivity index is 1.62. The van der Waals surface area contributed by atoms with Crippen molar-refractivity contribution in [3.63, 3.8) is 0 Å². The number of hydrogen-bond donors (Lipinski definition) is 9. The summed E-state index contributed by atoms with van der Waals surface area (Å²) < 4.78 is 0. The molecule has 3 amide bonds. The van der Waals surface area contributed by atoms with Gasteiger partial charge in [0.05, 0.1) is 6.04 Å². The summed E-state index contributed by atoms with van der Waals surface area (Å²) in [6.07, 6.45) is 4.32. The molecule has 0 saturated heterocycles. The van der Waals surface area contributed by atoms with Crippen molar-refractivity contribution in [1.29, 1.82) is 0 Å². The quantitative estimate of drug-likeness (QED) is 0.0705. The smallest absolute Gasteiger partial charge is 0.326 e. The van der Waals surface area contributed by atoms with Crippen molar-refractivity contribution >= 4 is 51.5 Å². The van der Waals surface area contributed by atoms with E-state index in [0.717, 1.165) is 27.4 Å². The van der Waals surface area contributed by atoms with Crippen LogP contribution in [0.5, 0.6) is 0 Å². The van der Waals surface area contributed by atoms with Gasteiger partial charge in [-0.25, -0.2) is 4.79 Å². The van der Waals surface area contributed by atoms with Crippen molar-refractivity contribution in [3.8, 4) is 0 Å². The predicted octanol–water partition coefficient (Wildman–Crippen LogP) is 1.29. The summed E-state index contributed by atoms with van der Waals surface area (Å²) in [5.41, 5.74) is 14.8. The number of rotatable bonds is 18. The molecular weight excluding hydrogens is 606 g/mol. The van der Waals surface area contributed by atoms with Crippen LogP contribution in [0.4, 0.5) is 0 Å². The normalized spacial score (nSPS) is 13.8. The third-order valence-electron chi connectivity index (χ3n) is 8.03. The second-order valence-corrected chi connectivity index (χ2v) is 11.5. The SMILES string of the molecule is NCCCCC(N)C(=O)NC(Cc1c[nH]c2ccccc12)C(=O)NC(Cc1c[nH]c2ccccc12)C(=O)NC(CCC(=O)O)C(=O)O. The van der Waals surface area contributed by atoms with E-state index in [-0.39, 0.29) is 19.3 Å². The number of carbonyl (C=O) groups is 5. The molecule has 0 fully saturated rings. The number of amides is 3. The zero-order valence-corrected chi connectivity index (χ0v) is 25.8. The van der Waals surface area contributed by atoms with Gasteiger partial charge in [-0.3, -0.25) is 19.2 Å². The predicted molar refractivity (Wildman–Crippen MR) is 175 cm³/mol. The standard InChI is InChI=1S/C33H41N7O7/c34-14-6-5-9-23(35)30(43)39-27(15-19-17-36-24-10-3-1-7-21(19)24)32(45)40-28(16-20-18-37-25-11-4-2-8-22(20)25)31(44)38-26(33(46)47)12-13-29(41)42/h1-4,7-8,10-11,17-18,23,26-28,36-37H,5-6,9,12-16,34-35H2,(H,38,44)(H,39,43)(H,40,45)(H,41,42)(H,46,47). The molecule has 0 aliphatic rings. The number of H-pyrrole nitrogens is 2. The molecule has 4 unspecified atom stereocenters. The number of nitrogens with one attached hydrogen (secondary N) is 5. The van der Waals surface area contributed by atoms with Gasteiger partial charge in [-0.15, -0.1) is 0 Å². The summed E-state index contributed by atoms with van der Waals surface area (Å²) >= 11 is 0. The number of fused-ring (bicyclic) bond motifs is 2. The Labute approximate surface area is 270 Å². The number of carbonyl (C=O) groups excluding carboxylic acids is 3. The van der Waals surface area contributed by atoms with Gasteiger partial charge in [0.15, 0.2) is 0 Å². The summed E-state index contributed by atoms with van der Waals surface area (Å²) in [5.74, 6) is -4.68. The lowest BCUT2D eigenvalue weighted by Gasteiger charge is -2.25. The molecule has 2 aromatic carbocycles. The number of aliphatic carboxylic acids is 2. The average molecular weight is 648 g/mol. The van der Waals surface area contributed by atoms with Crippen LogP contribution in [0, 0.1) is 0 Å². The van der Waals surface area contributed by atoms with Gasteiger partial charge in [-0.05, 0) is 49.1 Å². The van der Waals surface area contributed by atoms with Crippen LogP contribution in [0.25, 0.3) is 21.8 Å². The van der Waals surface area contributed by atoms with Crippen LogP contribution in [0.3, 0.4) is 0 Å². The maximum atomic E-state index is 14.0. The molecule has 0 bridgehead atoms. The van der Waals surface area contributed by atoms with Gasteiger partial charge in [0, 0.05) is 53.5 Å². The van der Waals surface area contributed by atoms with Crippen molar-refractivity contribution in [2.75, 3.05) is 6.54 Å². The van der Waals surface area contributed by atoms with Gasteiger partial charge < -0.3 is 47.6 Å². The number of aromatic nitrogens is 2. The van der Waals surface area contributed by atoms with Crippen LogP contribution in [0.1, 0.15) is 43.2 Å². The maximum absolute atomic E-state index is 14.0. The molecule has 250 valence electrons. The van der Waals surface area contributed by atoms with E-state index in [1.807, 2.05) is 48.5 Å². The number of aromatic amines is 2. The Morgan fingerprint density at radius 1 is 0.681 bits per heavy atom. The Morgan fingerprint density at radius 3 is 1.66 bits per heavy atom. The van der Waals surface area contributed by atoms with Crippen LogP contribution in [0.15, 0.2) is 60.9 Å². The van der Waals surface area contributed by atoms with Gasteiger partial charge in [0.2, 0.25) is 17.7 Å². The summed E-state index contributed by atoms with van der Waals surface area (Å²) in [6, 6.07) is 10.0. The first-order chi connectivity index (χ1) is 22.6. The summed E-state index contributed by atoms with van der Waals surface area (Å²) in [6.45, 7) is 0.457. The van der Waals surface area contributed by atoms with Gasteiger partial charge in [-0.1, -0.05) is 42.8 Å². The second kappa shape index (κ2) is 16.4. The minimum absolute atomic E-state index is 0.0286. The van der Waals surface area contributed by atoms with E-state index >= 15 is 0 Å². The maximum Gasteiger partial charge on any atom is 0.326 e. The lowest BCUT2D eigenvalue weighted by molar-refractivity contribution is -0.143. The molecule has 0 aliphatic heterocycles. The highest BCUT2D eigenvalue weighted by molar-refractivity contribution is 5.95. The molecule has 0 spiro atoms. The first-order valence-electron chi connectivity index (χ1n) is 15.5. The van der Waals surface area contributed by atoms with Gasteiger partial charge in [0.1, 0.15) is 18.1 Å². The zero-order chi connectivity index (χ0) is 33.9. The van der Waals surface area contributed by atoms with Gasteiger partial charge in [-0.2, -0.15) is 0 Å². The number of benzene rings is 2. The lowest BCUT2D eigenvalue weighted by Crippen LogP contribution is -2.58. The summed E-state index contributed by atoms with van der Waals surface area (Å²) in [4.78, 5) is 70.0. The van der Waals surface area contributed by atoms with Crippen LogP contribution >= 0.6 is 0 Å². The molecule has 11 N–H and O–H groups in total. The molecule has 0 aliphatic carbocycles. The molecule has 2 heterocycles. The largest absolute Gasteiger partial charge is 0.481 e. The number of unbranched alkanes of at least 4 members (excludes halogenated alkanes) is 1. The van der Waals surface area contributed by atoms with Gasteiger partial charge in [0.25, 0.3) is 0 Å². The fourth-order valence-corrected chi connectivity index (χ4v) is 5.45. The second-order valence-electron chi connectivity index (χ2n) is 11.5. The molecule has 2 aromatic heterocycles. The average Bonchev–Trinajstić information content (AvgIpc) is 3.66. The van der Waals surface area contributed by atoms with Gasteiger partial charge >= 0.3 is 11.9 Å². The highest BCUT2D eigenvalue weighted by Gasteiger charge is 2.32. The molecular formula is C33H41N7O7. The number of nitrogens with two attached hydrogens (primary N) is 2. The molecule has 0 saturated carbocycles. The van der Waals surface area contributed by atoms with Crippen molar-refractivity contribution in [1.82, 2.24) is 25.9 Å². The molecule has 4 aromatic rings. The van der Waals surface area contributed by atoms with E-state index in [1.54, 1.807) is 12.4 Å². The van der Waals surface area contributed by atoms with E-state index < -0.39 is 60.2 Å². The molecule has 4 atom stereocenters. The lowest BCUT2D eigenvalue weighted by atomic mass is 10.0. The van der Waals surface area contributed by atoms with Crippen LogP contribution < -0.4 is 27.4 Å². The van der Waals surface area contributed by atoms with Crippen LogP contribution in [-0.2, 0) is 36.8 Å². The first-order valence-corrected chi connectivity index (χ1v) is 15.5. The number of hydrogen-bond acceptors (Lipinski definition) is 7. The van der Waals surface area contributed by atoms with Crippen molar-refractivity contribution in [2.45, 2.75) is 69.1 Å². The van der Waals surface area contributed by atoms with E-state index in [2.05, 4.69) is 25.9 Å². The first kappa shape index (κ1) is 34.7. The topological polar surface area (TPSA) is 246 Å². The highest BCUT2D eigenvalue weighted by Crippen LogP contribution is 2.21. The summed E-state index contributed by atoms with van der Waals surface area (Å²) in [5, 5.41) is 28.3. The van der Waals surface area contributed by atoms with Crippen molar-refractivity contribution < 1.29 is 34.2 Å². The number of carboxylic acid groups (broad SMARTS) is 2. The molecule has 14 heteroatoms. The fourth-order valence-electron chi connectivity index (χ4n) is 5.45. The van der Waals surface area contributed by atoms with E-state index in [9.17, 15) is 29.1 Å². The highest BCUT2D eigenvalue weighted by atomic mass is 16.4. The molecule has 0 radical (unpaired) electrons.